The van der Waals surface area contributed by atoms with Crippen molar-refractivity contribution in [3.8, 4) is 23.1 Å². The van der Waals surface area contributed by atoms with Crippen molar-refractivity contribution in [2.45, 2.75) is 51.2 Å². The molecule has 0 aliphatic heterocycles. The number of aromatic nitrogens is 2. The van der Waals surface area contributed by atoms with E-state index in [2.05, 4.69) is 25.9 Å². The molecular weight excluding hydrogens is 678 g/mol. The number of hydrogen-bond donors (Lipinski definition) is 1. The number of benzene rings is 3. The predicted octanol–water partition coefficient (Wildman–Crippen LogP) is 6.98. The van der Waals surface area contributed by atoms with E-state index in [0.29, 0.717) is 11.3 Å². The second-order valence-electron chi connectivity index (χ2n) is 11.5. The molecule has 242 valence electrons. The summed E-state index contributed by atoms with van der Waals surface area (Å²) < 4.78 is 44.7. The molecule has 0 saturated carbocycles. The minimum Gasteiger partial charge on any atom is -0.478 e. The number of aryl methyl sites for hydroxylation is 2. The van der Waals surface area contributed by atoms with Crippen LogP contribution in [-0.2, 0) is 14.9 Å². The van der Waals surface area contributed by atoms with E-state index in [1.807, 2.05) is 56.3 Å². The number of likely N-dealkylation sites (N-methyl/N-ethyl adjacent to an activating group) is 1. The molecule has 3 aromatic carbocycles. The van der Waals surface area contributed by atoms with Crippen LogP contribution in [0.1, 0.15) is 53.9 Å². The van der Waals surface area contributed by atoms with Gasteiger partial charge in [0.05, 0.1) is 17.8 Å². The van der Waals surface area contributed by atoms with Gasteiger partial charge in [0.25, 0.3) is 0 Å². The first kappa shape index (κ1) is 34.4. The number of rotatable bonds is 10. The second-order valence-corrected chi connectivity index (χ2v) is 14.0. The van der Waals surface area contributed by atoms with E-state index in [-0.39, 0.29) is 22.9 Å². The molecule has 46 heavy (non-hydrogen) atoms. The van der Waals surface area contributed by atoms with E-state index in [4.69, 9.17) is 13.7 Å². The molecule has 13 heteroatoms. The summed E-state index contributed by atoms with van der Waals surface area (Å²) in [4.78, 5) is 34.0. The number of halogens is 1. The lowest BCUT2D eigenvalue weighted by atomic mass is 10.00. The quantitative estimate of drug-likeness (QED) is 0.171. The number of carbonyl (C=O) groups excluding carboxylic acids is 1. The maximum absolute atomic E-state index is 13.3. The van der Waals surface area contributed by atoms with Crippen LogP contribution in [0.3, 0.4) is 0 Å². The highest BCUT2D eigenvalue weighted by Gasteiger charge is 2.26. The minimum atomic E-state index is -4.56. The summed E-state index contributed by atoms with van der Waals surface area (Å²) in [5.41, 5.74) is 2.53. The Morgan fingerprint density at radius 2 is 1.59 bits per heavy atom. The summed E-state index contributed by atoms with van der Waals surface area (Å²) in [7, 11) is -2.98. The molecule has 1 aromatic heterocycles. The fourth-order valence-corrected chi connectivity index (χ4v) is 5.62. The number of carbonyl (C=O) groups is 2. The molecule has 0 radical (unpaired) electrons. The Kier molecular flexibility index (Phi) is 10.4. The zero-order valence-electron chi connectivity index (χ0n) is 26.1. The Labute approximate surface area is 276 Å². The lowest BCUT2D eigenvalue weighted by Crippen LogP contribution is -2.37. The van der Waals surface area contributed by atoms with Crippen LogP contribution in [0.4, 0.5) is 4.79 Å². The third kappa shape index (κ3) is 8.82. The van der Waals surface area contributed by atoms with Gasteiger partial charge in [-0.05, 0) is 81.6 Å². The molecule has 1 amide bonds. The SMILES string of the molecule is Cc1cccc(C)c1-c1cc(OC(CN(C)C(=O)OC(C)(C)C)c2ccc(Br)cc2)nc(OS(=O)(=O)c2cccc(C(=O)O)c2)n1. The third-order valence-electron chi connectivity index (χ3n) is 6.62. The monoisotopic (exact) mass is 711 g/mol. The predicted molar refractivity (Wildman–Crippen MR) is 175 cm³/mol. The van der Waals surface area contributed by atoms with Gasteiger partial charge in [-0.25, -0.2) is 9.59 Å². The van der Waals surface area contributed by atoms with Crippen LogP contribution in [0.2, 0.25) is 0 Å². The highest BCUT2D eigenvalue weighted by Crippen LogP contribution is 2.32. The first-order valence-electron chi connectivity index (χ1n) is 14.1. The lowest BCUT2D eigenvalue weighted by Gasteiger charge is -2.28. The number of ether oxygens (including phenoxy) is 2. The van der Waals surface area contributed by atoms with Gasteiger partial charge in [0.15, 0.2) is 0 Å². The van der Waals surface area contributed by atoms with Crippen molar-refractivity contribution in [2.24, 2.45) is 0 Å². The van der Waals surface area contributed by atoms with Gasteiger partial charge in [-0.15, -0.1) is 0 Å². The van der Waals surface area contributed by atoms with Crippen LogP contribution in [0.25, 0.3) is 11.3 Å². The van der Waals surface area contributed by atoms with Gasteiger partial charge in [0.1, 0.15) is 16.6 Å². The molecule has 4 rings (SSSR count). The van der Waals surface area contributed by atoms with E-state index in [1.54, 1.807) is 33.9 Å². The molecule has 11 nitrogen and oxygen atoms in total. The number of carboxylic acids is 1. The average molecular weight is 713 g/mol. The zero-order chi connectivity index (χ0) is 33.8. The normalized spacial score (nSPS) is 12.2. The minimum absolute atomic E-state index is 0.0253. The molecule has 1 unspecified atom stereocenters. The molecule has 0 aliphatic rings. The summed E-state index contributed by atoms with van der Waals surface area (Å²) in [6.45, 7) is 9.14. The Morgan fingerprint density at radius 1 is 0.957 bits per heavy atom. The van der Waals surface area contributed by atoms with Gasteiger partial charge in [-0.1, -0.05) is 52.3 Å². The highest BCUT2D eigenvalue weighted by molar-refractivity contribution is 9.10. The van der Waals surface area contributed by atoms with Crippen molar-refractivity contribution in [2.75, 3.05) is 13.6 Å². The number of aromatic carboxylic acids is 1. The largest absolute Gasteiger partial charge is 0.478 e. The average Bonchev–Trinajstić information content (AvgIpc) is 2.96. The second kappa shape index (κ2) is 13.9. The summed E-state index contributed by atoms with van der Waals surface area (Å²) in [6, 6.07) is 18.8. The first-order valence-corrected chi connectivity index (χ1v) is 16.3. The van der Waals surface area contributed by atoms with Crippen molar-refractivity contribution >= 4 is 38.1 Å². The Bertz CT molecular complexity index is 1840. The molecule has 0 aliphatic carbocycles. The van der Waals surface area contributed by atoms with Crippen molar-refractivity contribution in [1.82, 2.24) is 14.9 Å². The van der Waals surface area contributed by atoms with Crippen LogP contribution < -0.4 is 8.92 Å². The van der Waals surface area contributed by atoms with Gasteiger partial charge >= 0.3 is 28.2 Å². The topological polar surface area (TPSA) is 145 Å². The van der Waals surface area contributed by atoms with Crippen LogP contribution >= 0.6 is 15.9 Å². The smallest absolute Gasteiger partial charge is 0.410 e. The molecule has 0 fully saturated rings. The van der Waals surface area contributed by atoms with Crippen molar-refractivity contribution < 1.29 is 36.8 Å². The van der Waals surface area contributed by atoms with E-state index in [0.717, 1.165) is 27.2 Å². The lowest BCUT2D eigenvalue weighted by molar-refractivity contribution is 0.0222. The van der Waals surface area contributed by atoms with Gasteiger partial charge < -0.3 is 23.7 Å². The van der Waals surface area contributed by atoms with Crippen molar-refractivity contribution in [3.05, 3.63) is 99.5 Å². The molecular formula is C33H34BrN3O8S. The van der Waals surface area contributed by atoms with Crippen LogP contribution in [0.5, 0.6) is 11.9 Å². The fourth-order valence-electron chi connectivity index (χ4n) is 4.48. The Hall–Kier alpha value is -4.49. The molecule has 0 saturated heterocycles. The number of hydrogen-bond acceptors (Lipinski definition) is 9. The molecule has 1 heterocycles. The van der Waals surface area contributed by atoms with Crippen molar-refractivity contribution in [1.29, 1.82) is 0 Å². The Morgan fingerprint density at radius 3 is 2.20 bits per heavy atom. The molecule has 1 atom stereocenters. The third-order valence-corrected chi connectivity index (χ3v) is 8.35. The van der Waals surface area contributed by atoms with E-state index < -0.39 is 39.9 Å². The highest BCUT2D eigenvalue weighted by atomic mass is 79.9. The Balaban J connectivity index is 1.79. The van der Waals surface area contributed by atoms with Gasteiger partial charge in [-0.2, -0.15) is 18.4 Å². The van der Waals surface area contributed by atoms with Gasteiger partial charge in [0.2, 0.25) is 5.88 Å². The summed E-state index contributed by atoms with van der Waals surface area (Å²) in [5.74, 6) is -1.32. The standard InChI is InChI=1S/C33H34BrN3O8S/c1-20-9-7-10-21(2)29(20)26-18-28(36-31(35-26)45-46(41,42)25-12-8-11-23(17-25)30(38)39)43-27(22-13-15-24(34)16-14-22)19-37(6)32(40)44-33(3,4)5/h7-18,27H,19H2,1-6H3,(H,38,39). The van der Waals surface area contributed by atoms with E-state index in [1.165, 1.54) is 23.1 Å². The number of nitrogens with zero attached hydrogens (tertiary/aromatic N) is 3. The van der Waals surface area contributed by atoms with Crippen LogP contribution in [-0.4, -0.2) is 59.6 Å². The summed E-state index contributed by atoms with van der Waals surface area (Å²) in [5, 5.41) is 9.35. The maximum Gasteiger partial charge on any atom is 0.410 e. The van der Waals surface area contributed by atoms with Crippen molar-refractivity contribution in [3.63, 3.8) is 0 Å². The van der Waals surface area contributed by atoms with E-state index in [9.17, 15) is 23.1 Å². The number of amides is 1. The summed E-state index contributed by atoms with van der Waals surface area (Å²) >= 11 is 3.43. The fraction of sp³-hybridized carbons (Fsp3) is 0.273. The molecule has 0 bridgehead atoms. The van der Waals surface area contributed by atoms with E-state index >= 15 is 0 Å². The molecule has 4 aromatic rings. The first-order chi connectivity index (χ1) is 21.5. The number of carboxylic acid groups (broad SMARTS) is 1. The maximum atomic E-state index is 13.3. The van der Waals surface area contributed by atoms with Crippen LogP contribution in [0.15, 0.2) is 82.2 Å². The molecule has 0 spiro atoms. The summed E-state index contributed by atoms with van der Waals surface area (Å²) in [6.07, 6.45) is -1.33. The van der Waals surface area contributed by atoms with Gasteiger partial charge in [0, 0.05) is 23.2 Å². The zero-order valence-corrected chi connectivity index (χ0v) is 28.5. The molecule has 1 N–H and O–H groups in total. The van der Waals surface area contributed by atoms with Gasteiger partial charge in [-0.3, -0.25) is 0 Å². The van der Waals surface area contributed by atoms with Crippen LogP contribution in [0, 0.1) is 13.8 Å².